The molecule has 1 N–H and O–H groups in total. The molecule has 1 aromatic carbocycles. The molecule has 1 unspecified atom stereocenters. The normalized spacial score (nSPS) is 17.5. The van der Waals surface area contributed by atoms with Crippen LogP contribution < -0.4 is 0 Å². The lowest BCUT2D eigenvalue weighted by atomic mass is 10.1. The first-order chi connectivity index (χ1) is 12.4. The molecule has 1 aromatic heterocycles. The van der Waals surface area contributed by atoms with Gasteiger partial charge >= 0.3 is 5.97 Å². The minimum Gasteiger partial charge on any atom is -0.481 e. The van der Waals surface area contributed by atoms with E-state index in [1.54, 1.807) is 36.4 Å². The van der Waals surface area contributed by atoms with Gasteiger partial charge in [0.25, 0.3) is 0 Å². The Morgan fingerprint density at radius 2 is 1.92 bits per heavy atom. The molecule has 1 aliphatic rings. The number of benzene rings is 1. The molecule has 0 radical (unpaired) electrons. The van der Waals surface area contributed by atoms with Gasteiger partial charge in [0.2, 0.25) is 10.0 Å². The van der Waals surface area contributed by atoms with E-state index in [0.29, 0.717) is 17.8 Å². The lowest BCUT2D eigenvalue weighted by Crippen LogP contribution is -2.42. The summed E-state index contributed by atoms with van der Waals surface area (Å²) < 4.78 is 29.7. The molecule has 1 aliphatic heterocycles. The first kappa shape index (κ1) is 18.2. The fourth-order valence-electron chi connectivity index (χ4n) is 3.31. The third-order valence-corrected chi connectivity index (χ3v) is 6.49. The van der Waals surface area contributed by atoms with Gasteiger partial charge in [-0.1, -0.05) is 31.4 Å². The Kier molecular flexibility index (Phi) is 4.84. The number of aliphatic carboxylic acids is 1. The van der Waals surface area contributed by atoms with Crippen LogP contribution in [0, 0.1) is 0 Å². The monoisotopic (exact) mass is 372 g/mol. The predicted octanol–water partition coefficient (Wildman–Crippen LogP) is 2.99. The maximum atomic E-state index is 13.2. The lowest BCUT2D eigenvalue weighted by molar-refractivity contribution is -0.138. The number of aromatic nitrogens is 1. The summed E-state index contributed by atoms with van der Waals surface area (Å²) in [5.41, 5.74) is 2.14. The maximum Gasteiger partial charge on any atom is 0.305 e. The second kappa shape index (κ2) is 6.93. The number of hydrogen-bond acceptors (Lipinski definition) is 3. The molecule has 0 amide bonds. The summed E-state index contributed by atoms with van der Waals surface area (Å²) in [4.78, 5) is 11.5. The van der Waals surface area contributed by atoms with Crippen molar-refractivity contribution in [2.75, 3.05) is 6.54 Å². The quantitative estimate of drug-likeness (QED) is 0.845. The smallest absolute Gasteiger partial charge is 0.305 e. The molecule has 3 rings (SSSR count). The molecule has 136 valence electrons. The van der Waals surface area contributed by atoms with Crippen molar-refractivity contribution in [2.45, 2.75) is 23.9 Å². The van der Waals surface area contributed by atoms with Crippen LogP contribution >= 0.6 is 0 Å². The van der Waals surface area contributed by atoms with Crippen LogP contribution in [0.1, 0.15) is 29.3 Å². The molecule has 0 saturated carbocycles. The highest BCUT2D eigenvalue weighted by Crippen LogP contribution is 2.34. The van der Waals surface area contributed by atoms with Gasteiger partial charge in [-0.05, 0) is 35.4 Å². The molecule has 1 atom stereocenters. The van der Waals surface area contributed by atoms with E-state index in [9.17, 15) is 18.3 Å². The number of rotatable bonds is 6. The molecule has 7 heteroatoms. The van der Waals surface area contributed by atoms with Crippen LogP contribution in [0.4, 0.5) is 0 Å². The summed E-state index contributed by atoms with van der Waals surface area (Å²) in [5.74, 6) is -1.04. The van der Waals surface area contributed by atoms with Gasteiger partial charge in [-0.2, -0.15) is 4.31 Å². The summed E-state index contributed by atoms with van der Waals surface area (Å²) in [6.45, 7) is 8.12. The van der Waals surface area contributed by atoms with Crippen molar-refractivity contribution in [3.63, 3.8) is 0 Å². The number of nitrogens with zero attached hydrogens (tertiary/aromatic N) is 2. The molecular weight excluding hydrogens is 352 g/mol. The summed E-state index contributed by atoms with van der Waals surface area (Å²) >= 11 is 0. The zero-order valence-electron chi connectivity index (χ0n) is 14.2. The second-order valence-electron chi connectivity index (χ2n) is 6.05. The third-order valence-electron chi connectivity index (χ3n) is 4.59. The summed E-state index contributed by atoms with van der Waals surface area (Å²) in [5, 5.41) is 9.28. The van der Waals surface area contributed by atoms with E-state index >= 15 is 0 Å². The van der Waals surface area contributed by atoms with Crippen molar-refractivity contribution >= 4 is 28.1 Å². The van der Waals surface area contributed by atoms with E-state index < -0.39 is 22.0 Å². The van der Waals surface area contributed by atoms with E-state index in [0.717, 1.165) is 5.56 Å². The Morgan fingerprint density at radius 1 is 1.19 bits per heavy atom. The summed E-state index contributed by atoms with van der Waals surface area (Å²) in [6, 6.07) is 7.57. The van der Waals surface area contributed by atoms with Crippen LogP contribution in [0.2, 0.25) is 0 Å². The zero-order chi connectivity index (χ0) is 18.9. The molecule has 0 aliphatic carbocycles. The average Bonchev–Trinajstić information content (AvgIpc) is 3.10. The van der Waals surface area contributed by atoms with Gasteiger partial charge < -0.3 is 9.67 Å². The van der Waals surface area contributed by atoms with Crippen LogP contribution in [-0.4, -0.2) is 34.9 Å². The first-order valence-corrected chi connectivity index (χ1v) is 9.60. The Balaban J connectivity index is 2.07. The predicted molar refractivity (Wildman–Crippen MR) is 99.9 cm³/mol. The minimum atomic E-state index is -3.86. The van der Waals surface area contributed by atoms with E-state index in [1.807, 2.05) is 10.8 Å². The van der Waals surface area contributed by atoms with E-state index in [1.165, 1.54) is 10.4 Å². The Hall–Kier alpha value is -2.64. The molecule has 0 fully saturated rings. The summed E-state index contributed by atoms with van der Waals surface area (Å²) in [7, 11) is -3.86. The SMILES string of the molecule is C=Cc1ccc(S(=O)(=O)N2CCn3cccc3C2CC(=O)O)cc1C=C. The van der Waals surface area contributed by atoms with Crippen molar-refractivity contribution in [1.82, 2.24) is 8.87 Å². The van der Waals surface area contributed by atoms with Gasteiger partial charge in [0.1, 0.15) is 0 Å². The van der Waals surface area contributed by atoms with Crippen LogP contribution in [0.15, 0.2) is 54.6 Å². The van der Waals surface area contributed by atoms with Gasteiger partial charge in [-0.15, -0.1) is 0 Å². The number of sulfonamides is 1. The van der Waals surface area contributed by atoms with Crippen molar-refractivity contribution in [1.29, 1.82) is 0 Å². The van der Waals surface area contributed by atoms with Crippen LogP contribution in [0.25, 0.3) is 12.2 Å². The topological polar surface area (TPSA) is 79.6 Å². The Bertz CT molecular complexity index is 975. The zero-order valence-corrected chi connectivity index (χ0v) is 15.0. The van der Waals surface area contributed by atoms with E-state index in [2.05, 4.69) is 13.2 Å². The number of fused-ring (bicyclic) bond motifs is 1. The van der Waals surface area contributed by atoms with Crippen molar-refractivity contribution < 1.29 is 18.3 Å². The molecule has 2 aromatic rings. The van der Waals surface area contributed by atoms with Crippen LogP contribution in [-0.2, 0) is 21.4 Å². The fourth-order valence-corrected chi connectivity index (χ4v) is 4.94. The number of carbonyl (C=O) groups is 1. The fraction of sp³-hybridized carbons (Fsp3) is 0.211. The van der Waals surface area contributed by atoms with Crippen molar-refractivity contribution in [3.8, 4) is 0 Å². The van der Waals surface area contributed by atoms with Crippen molar-refractivity contribution in [2.24, 2.45) is 0 Å². The van der Waals surface area contributed by atoms with Gasteiger partial charge in [0, 0.05) is 25.0 Å². The van der Waals surface area contributed by atoms with Gasteiger partial charge in [-0.3, -0.25) is 4.79 Å². The highest BCUT2D eigenvalue weighted by molar-refractivity contribution is 7.89. The first-order valence-electron chi connectivity index (χ1n) is 8.16. The average molecular weight is 372 g/mol. The van der Waals surface area contributed by atoms with Crippen molar-refractivity contribution in [3.05, 3.63) is 66.5 Å². The third kappa shape index (κ3) is 3.11. The molecule has 26 heavy (non-hydrogen) atoms. The van der Waals surface area contributed by atoms with E-state index in [4.69, 9.17) is 0 Å². The molecule has 6 nitrogen and oxygen atoms in total. The number of carboxylic acids is 1. The van der Waals surface area contributed by atoms with Crippen LogP contribution in [0.5, 0.6) is 0 Å². The highest BCUT2D eigenvalue weighted by Gasteiger charge is 2.37. The van der Waals surface area contributed by atoms with Gasteiger partial charge in [0.05, 0.1) is 17.4 Å². The molecular formula is C19H20N2O4S. The van der Waals surface area contributed by atoms with E-state index in [-0.39, 0.29) is 17.9 Å². The maximum absolute atomic E-state index is 13.2. The van der Waals surface area contributed by atoms with Crippen LogP contribution in [0.3, 0.4) is 0 Å². The molecule has 0 bridgehead atoms. The Labute approximate surface area is 152 Å². The number of hydrogen-bond donors (Lipinski definition) is 1. The largest absolute Gasteiger partial charge is 0.481 e. The highest BCUT2D eigenvalue weighted by atomic mass is 32.2. The second-order valence-corrected chi connectivity index (χ2v) is 7.95. The minimum absolute atomic E-state index is 0.119. The lowest BCUT2D eigenvalue weighted by Gasteiger charge is -2.35. The Morgan fingerprint density at radius 3 is 2.58 bits per heavy atom. The molecule has 2 heterocycles. The van der Waals surface area contributed by atoms with Gasteiger partial charge in [0.15, 0.2) is 0 Å². The number of carboxylic acid groups (broad SMARTS) is 1. The molecule has 0 saturated heterocycles. The summed E-state index contributed by atoms with van der Waals surface area (Å²) in [6.07, 6.45) is 4.76. The van der Waals surface area contributed by atoms with Gasteiger partial charge in [-0.25, -0.2) is 8.42 Å². The molecule has 0 spiro atoms. The standard InChI is InChI=1S/C19H20N2O4S/c1-3-14-7-8-16(12-15(14)4-2)26(24,25)21-11-10-20-9-5-6-17(20)18(21)13-19(22)23/h3-9,12,18H,1-2,10-11,13H2,(H,22,23).